The average molecular weight is 227 g/mol. The third-order valence-electron chi connectivity index (χ3n) is 4.08. The van der Waals surface area contributed by atoms with Crippen LogP contribution in [0.1, 0.15) is 18.4 Å². The van der Waals surface area contributed by atoms with Crippen molar-refractivity contribution in [3.05, 3.63) is 29.8 Å². The molecule has 3 nitrogen and oxygen atoms in total. The number of rotatable bonds is 1. The van der Waals surface area contributed by atoms with Gasteiger partial charge in [0, 0.05) is 18.5 Å². The van der Waals surface area contributed by atoms with Crippen LogP contribution in [0, 0.1) is 16.7 Å². The second-order valence-corrected chi connectivity index (χ2v) is 5.24. The van der Waals surface area contributed by atoms with E-state index in [9.17, 15) is 0 Å². The first-order chi connectivity index (χ1) is 8.33. The largest absolute Gasteiger partial charge is 0.369 e. The third-order valence-corrected chi connectivity index (χ3v) is 4.08. The van der Waals surface area contributed by atoms with E-state index < -0.39 is 0 Å². The molecule has 0 unspecified atom stereocenters. The molecule has 2 aliphatic heterocycles. The lowest BCUT2D eigenvalue weighted by molar-refractivity contribution is 0.150. The summed E-state index contributed by atoms with van der Waals surface area (Å²) in [5, 5.41) is 12.5. The van der Waals surface area contributed by atoms with Crippen LogP contribution in [0.15, 0.2) is 24.3 Å². The third kappa shape index (κ3) is 1.79. The fourth-order valence-electron chi connectivity index (χ4n) is 3.05. The van der Waals surface area contributed by atoms with Gasteiger partial charge in [0.05, 0.1) is 11.3 Å². The number of nitrogens with zero attached hydrogens (tertiary/aromatic N) is 2. The molecule has 0 amide bonds. The van der Waals surface area contributed by atoms with Gasteiger partial charge in [-0.15, -0.1) is 0 Å². The number of nitrogens with one attached hydrogen (secondary N) is 1. The highest BCUT2D eigenvalue weighted by Gasteiger charge is 2.43. The number of para-hydroxylation sites is 1. The number of nitriles is 1. The van der Waals surface area contributed by atoms with Gasteiger partial charge in [-0.25, -0.2) is 0 Å². The summed E-state index contributed by atoms with van der Waals surface area (Å²) in [6, 6.07) is 10.2. The second-order valence-electron chi connectivity index (χ2n) is 5.24. The lowest BCUT2D eigenvalue weighted by Gasteiger charge is -2.53. The molecule has 1 aromatic carbocycles. The van der Waals surface area contributed by atoms with Crippen molar-refractivity contribution < 1.29 is 0 Å². The molecule has 0 saturated carbocycles. The maximum absolute atomic E-state index is 9.10. The first kappa shape index (κ1) is 10.6. The summed E-state index contributed by atoms with van der Waals surface area (Å²) >= 11 is 0. The van der Waals surface area contributed by atoms with Crippen molar-refractivity contribution in [1.29, 1.82) is 5.26 Å². The Morgan fingerprint density at radius 1 is 1.18 bits per heavy atom. The molecule has 0 aliphatic carbocycles. The van der Waals surface area contributed by atoms with E-state index in [-0.39, 0.29) is 0 Å². The molecule has 2 aliphatic rings. The van der Waals surface area contributed by atoms with Crippen LogP contribution in [0.25, 0.3) is 0 Å². The molecule has 3 rings (SSSR count). The highest BCUT2D eigenvalue weighted by molar-refractivity contribution is 5.61. The predicted octanol–water partition coefficient (Wildman–Crippen LogP) is 1.75. The van der Waals surface area contributed by atoms with Gasteiger partial charge in [-0.1, -0.05) is 12.1 Å². The van der Waals surface area contributed by atoms with E-state index in [2.05, 4.69) is 22.4 Å². The van der Waals surface area contributed by atoms with Crippen molar-refractivity contribution >= 4 is 5.69 Å². The summed E-state index contributed by atoms with van der Waals surface area (Å²) in [5.74, 6) is 0. The Hall–Kier alpha value is -1.53. The summed E-state index contributed by atoms with van der Waals surface area (Å²) in [5.41, 5.74) is 2.43. The van der Waals surface area contributed by atoms with Gasteiger partial charge in [0.15, 0.2) is 0 Å². The summed E-state index contributed by atoms with van der Waals surface area (Å²) in [6.45, 7) is 4.53. The van der Waals surface area contributed by atoms with E-state index in [1.54, 1.807) is 0 Å². The van der Waals surface area contributed by atoms with Crippen LogP contribution < -0.4 is 10.2 Å². The Kier molecular flexibility index (Phi) is 2.53. The molecule has 17 heavy (non-hydrogen) atoms. The van der Waals surface area contributed by atoms with E-state index in [1.165, 1.54) is 12.8 Å². The van der Waals surface area contributed by atoms with Crippen LogP contribution in [-0.4, -0.2) is 26.2 Å². The summed E-state index contributed by atoms with van der Waals surface area (Å²) in [4.78, 5) is 2.35. The molecule has 0 bridgehead atoms. The molecule has 2 fully saturated rings. The average Bonchev–Trinajstić information content (AvgIpc) is 2.37. The van der Waals surface area contributed by atoms with Crippen LogP contribution >= 0.6 is 0 Å². The van der Waals surface area contributed by atoms with E-state index in [1.807, 2.05) is 18.2 Å². The second kappa shape index (κ2) is 4.05. The fourth-order valence-corrected chi connectivity index (χ4v) is 3.05. The zero-order valence-electron chi connectivity index (χ0n) is 9.95. The molecule has 1 N–H and O–H groups in total. The monoisotopic (exact) mass is 227 g/mol. The minimum Gasteiger partial charge on any atom is -0.369 e. The van der Waals surface area contributed by atoms with Gasteiger partial charge in [0.1, 0.15) is 6.07 Å². The predicted molar refractivity (Wildman–Crippen MR) is 67.9 cm³/mol. The lowest BCUT2D eigenvalue weighted by Crippen LogP contribution is -2.60. The van der Waals surface area contributed by atoms with Gasteiger partial charge in [0.2, 0.25) is 0 Å². The highest BCUT2D eigenvalue weighted by Crippen LogP contribution is 2.41. The standard InChI is InChI=1S/C14H17N3/c15-9-12-3-1-2-4-13(12)17-10-14(11-17)5-7-16-8-6-14/h1-4,16H,5-8,10-11H2. The molecule has 2 saturated heterocycles. The van der Waals surface area contributed by atoms with E-state index in [0.29, 0.717) is 5.41 Å². The normalized spacial score (nSPS) is 21.9. The molecule has 0 atom stereocenters. The van der Waals surface area contributed by atoms with Crippen molar-refractivity contribution in [1.82, 2.24) is 5.32 Å². The number of hydrogen-bond acceptors (Lipinski definition) is 3. The summed E-state index contributed by atoms with van der Waals surface area (Å²) in [6.07, 6.45) is 2.55. The van der Waals surface area contributed by atoms with Crippen molar-refractivity contribution in [2.24, 2.45) is 5.41 Å². The molecule has 0 aromatic heterocycles. The fraction of sp³-hybridized carbons (Fsp3) is 0.500. The van der Waals surface area contributed by atoms with Crippen LogP contribution in [-0.2, 0) is 0 Å². The maximum atomic E-state index is 9.10. The summed E-state index contributed by atoms with van der Waals surface area (Å²) < 4.78 is 0. The molecule has 88 valence electrons. The maximum Gasteiger partial charge on any atom is 0.101 e. The molecule has 3 heteroatoms. The van der Waals surface area contributed by atoms with Gasteiger partial charge < -0.3 is 10.2 Å². The van der Waals surface area contributed by atoms with Crippen LogP contribution in [0.4, 0.5) is 5.69 Å². The molecule has 1 spiro atoms. The zero-order chi connectivity index (χ0) is 11.7. The SMILES string of the molecule is N#Cc1ccccc1N1CC2(CCNCC2)C1. The van der Waals surface area contributed by atoms with Gasteiger partial charge >= 0.3 is 0 Å². The Morgan fingerprint density at radius 3 is 2.59 bits per heavy atom. The minimum absolute atomic E-state index is 0.522. The number of piperidine rings is 1. The van der Waals surface area contributed by atoms with Crippen LogP contribution in [0.5, 0.6) is 0 Å². The van der Waals surface area contributed by atoms with Crippen molar-refractivity contribution in [2.45, 2.75) is 12.8 Å². The first-order valence-electron chi connectivity index (χ1n) is 6.28. The molecule has 1 aromatic rings. The van der Waals surface area contributed by atoms with E-state index in [0.717, 1.165) is 37.4 Å². The number of benzene rings is 1. The Morgan fingerprint density at radius 2 is 1.88 bits per heavy atom. The smallest absolute Gasteiger partial charge is 0.101 e. The van der Waals surface area contributed by atoms with Crippen LogP contribution in [0.2, 0.25) is 0 Å². The Bertz CT molecular complexity index is 447. The number of hydrogen-bond donors (Lipinski definition) is 1. The molecular weight excluding hydrogens is 210 g/mol. The van der Waals surface area contributed by atoms with Gasteiger partial charge in [-0.3, -0.25) is 0 Å². The van der Waals surface area contributed by atoms with Crippen molar-refractivity contribution in [3.63, 3.8) is 0 Å². The molecule has 2 heterocycles. The van der Waals surface area contributed by atoms with E-state index in [4.69, 9.17) is 5.26 Å². The minimum atomic E-state index is 0.522. The molecular formula is C14H17N3. The van der Waals surface area contributed by atoms with Crippen molar-refractivity contribution in [3.8, 4) is 6.07 Å². The van der Waals surface area contributed by atoms with Gasteiger partial charge in [-0.2, -0.15) is 5.26 Å². The molecule has 0 radical (unpaired) electrons. The first-order valence-corrected chi connectivity index (χ1v) is 6.28. The van der Waals surface area contributed by atoms with Gasteiger partial charge in [0.25, 0.3) is 0 Å². The Balaban J connectivity index is 1.74. The summed E-state index contributed by atoms with van der Waals surface area (Å²) in [7, 11) is 0. The van der Waals surface area contributed by atoms with Gasteiger partial charge in [-0.05, 0) is 38.1 Å². The van der Waals surface area contributed by atoms with Crippen molar-refractivity contribution in [2.75, 3.05) is 31.1 Å². The quantitative estimate of drug-likeness (QED) is 0.794. The topological polar surface area (TPSA) is 39.1 Å². The Labute approximate surface area is 102 Å². The van der Waals surface area contributed by atoms with Crippen LogP contribution in [0.3, 0.4) is 0 Å². The number of anilines is 1. The zero-order valence-corrected chi connectivity index (χ0v) is 9.95. The lowest BCUT2D eigenvalue weighted by atomic mass is 9.72. The van der Waals surface area contributed by atoms with E-state index >= 15 is 0 Å². The highest BCUT2D eigenvalue weighted by atomic mass is 15.2.